The van der Waals surface area contributed by atoms with Gasteiger partial charge >= 0.3 is 0 Å². The second kappa shape index (κ2) is 12.4. The van der Waals surface area contributed by atoms with E-state index in [1.54, 1.807) is 24.4 Å². The molecule has 0 radical (unpaired) electrons. The smallest absolute Gasteiger partial charge is 0.282 e. The van der Waals surface area contributed by atoms with Crippen LogP contribution in [-0.2, 0) is 13.0 Å². The predicted octanol–water partition coefficient (Wildman–Crippen LogP) is 8.04. The van der Waals surface area contributed by atoms with Crippen molar-refractivity contribution in [3.05, 3.63) is 94.8 Å². The molecule has 0 unspecified atom stereocenters. The van der Waals surface area contributed by atoms with Crippen LogP contribution < -0.4 is 15.0 Å². The Balaban J connectivity index is 1.75. The highest BCUT2D eigenvalue weighted by atomic mass is 79.9. The molecule has 192 valence electrons. The summed E-state index contributed by atoms with van der Waals surface area (Å²) in [6.45, 7) is 4.52. The van der Waals surface area contributed by atoms with Crippen LogP contribution in [0.1, 0.15) is 37.2 Å². The lowest BCUT2D eigenvalue weighted by atomic mass is 10.2. The first-order chi connectivity index (χ1) is 17.8. The van der Waals surface area contributed by atoms with Crippen molar-refractivity contribution in [3.63, 3.8) is 0 Å². The largest absolute Gasteiger partial charge is 0.490 e. The molecule has 6 nitrogen and oxygen atoms in total. The van der Waals surface area contributed by atoms with E-state index in [9.17, 15) is 4.79 Å². The van der Waals surface area contributed by atoms with Gasteiger partial charge in [-0.25, -0.2) is 4.98 Å². The maximum absolute atomic E-state index is 13.3. The molecule has 0 aliphatic heterocycles. The summed E-state index contributed by atoms with van der Waals surface area (Å²) in [7, 11) is 0. The first-order valence-electron chi connectivity index (χ1n) is 11.6. The van der Waals surface area contributed by atoms with Crippen molar-refractivity contribution in [2.24, 2.45) is 5.10 Å². The molecular formula is C27H23Br2Cl2N3O3. The number of hydrogen-bond donors (Lipinski definition) is 0. The molecule has 0 saturated carbocycles. The van der Waals surface area contributed by atoms with Gasteiger partial charge < -0.3 is 9.47 Å². The minimum Gasteiger partial charge on any atom is -0.490 e. The van der Waals surface area contributed by atoms with E-state index in [-0.39, 0.29) is 12.2 Å². The molecule has 0 N–H and O–H groups in total. The first-order valence-corrected chi connectivity index (χ1v) is 13.9. The first kappa shape index (κ1) is 27.6. The lowest BCUT2D eigenvalue weighted by Gasteiger charge is -2.16. The summed E-state index contributed by atoms with van der Waals surface area (Å²) in [6, 6.07) is 14.6. The van der Waals surface area contributed by atoms with E-state index in [1.807, 2.05) is 44.2 Å². The highest BCUT2D eigenvalue weighted by molar-refractivity contribution is 9.10. The fourth-order valence-corrected chi connectivity index (χ4v) is 4.89. The van der Waals surface area contributed by atoms with Crippen LogP contribution in [0.25, 0.3) is 10.9 Å². The Morgan fingerprint density at radius 3 is 2.59 bits per heavy atom. The number of benzene rings is 3. The Hall–Kier alpha value is -2.39. The summed E-state index contributed by atoms with van der Waals surface area (Å²) >= 11 is 20.0. The molecular weight excluding hydrogens is 645 g/mol. The van der Waals surface area contributed by atoms with Crippen molar-refractivity contribution in [1.29, 1.82) is 0 Å². The normalized spacial score (nSPS) is 11.4. The van der Waals surface area contributed by atoms with Crippen LogP contribution in [0.4, 0.5) is 0 Å². The van der Waals surface area contributed by atoms with Crippen molar-refractivity contribution < 1.29 is 9.47 Å². The Morgan fingerprint density at radius 2 is 1.86 bits per heavy atom. The fraction of sp³-hybridized carbons (Fsp3) is 0.222. The zero-order valence-corrected chi connectivity index (χ0v) is 24.8. The highest BCUT2D eigenvalue weighted by Gasteiger charge is 2.18. The molecule has 3 aromatic carbocycles. The van der Waals surface area contributed by atoms with Crippen LogP contribution in [0.2, 0.25) is 10.0 Å². The topological polar surface area (TPSA) is 65.7 Å². The average molecular weight is 668 g/mol. The third kappa shape index (κ3) is 6.20. The Labute approximate surface area is 241 Å². The van der Waals surface area contributed by atoms with Gasteiger partial charge in [-0.3, -0.25) is 4.79 Å². The summed E-state index contributed by atoms with van der Waals surface area (Å²) in [4.78, 5) is 18.0. The molecule has 0 saturated heterocycles. The lowest BCUT2D eigenvalue weighted by Crippen LogP contribution is -2.22. The van der Waals surface area contributed by atoms with E-state index in [2.05, 4.69) is 41.9 Å². The Bertz CT molecular complexity index is 1540. The number of aromatic nitrogens is 2. The van der Waals surface area contributed by atoms with Crippen molar-refractivity contribution in [2.75, 3.05) is 6.61 Å². The van der Waals surface area contributed by atoms with E-state index >= 15 is 0 Å². The molecule has 0 bridgehead atoms. The zero-order chi connectivity index (χ0) is 26.5. The number of aryl methyl sites for hydroxylation is 1. The number of ether oxygens (including phenoxy) is 2. The zero-order valence-electron chi connectivity index (χ0n) is 20.1. The van der Waals surface area contributed by atoms with E-state index in [1.165, 1.54) is 4.68 Å². The fourth-order valence-electron chi connectivity index (χ4n) is 3.68. The van der Waals surface area contributed by atoms with E-state index < -0.39 is 0 Å². The standard InChI is InChI=1S/C27H23Br2Cl2N3O3/c1-3-7-23-33-21-11-10-18(28)13-19(21)27(35)34(23)32-14-17-12-22(36-4-2)26(25(31)24(17)29)37-15-16-8-5-6-9-20(16)30/h5-6,8-14H,3-4,7,15H2,1-2H3. The number of nitrogens with zero attached hydrogens (tertiary/aromatic N) is 3. The lowest BCUT2D eigenvalue weighted by molar-refractivity contribution is 0.269. The van der Waals surface area contributed by atoms with Gasteiger partial charge in [-0.15, -0.1) is 0 Å². The summed E-state index contributed by atoms with van der Waals surface area (Å²) in [5.41, 5.74) is 1.81. The molecule has 10 heteroatoms. The van der Waals surface area contributed by atoms with Gasteiger partial charge in [-0.2, -0.15) is 9.78 Å². The summed E-state index contributed by atoms with van der Waals surface area (Å²) in [5.74, 6) is 1.41. The molecule has 4 rings (SSSR count). The van der Waals surface area contributed by atoms with Crippen LogP contribution in [0.3, 0.4) is 0 Å². The van der Waals surface area contributed by atoms with Crippen LogP contribution in [0.5, 0.6) is 11.5 Å². The molecule has 0 aliphatic carbocycles. The number of halogens is 4. The minimum absolute atomic E-state index is 0.216. The number of fused-ring (bicyclic) bond motifs is 1. The van der Waals surface area contributed by atoms with Crippen LogP contribution in [-0.4, -0.2) is 22.5 Å². The molecule has 0 amide bonds. The van der Waals surface area contributed by atoms with Gasteiger partial charge in [0.15, 0.2) is 11.5 Å². The molecule has 1 heterocycles. The van der Waals surface area contributed by atoms with Gasteiger partial charge in [-0.05, 0) is 59.6 Å². The summed E-state index contributed by atoms with van der Waals surface area (Å²) < 4.78 is 14.5. The van der Waals surface area contributed by atoms with Crippen molar-refractivity contribution in [2.45, 2.75) is 33.3 Å². The quantitative estimate of drug-likeness (QED) is 0.170. The van der Waals surface area contributed by atoms with Gasteiger partial charge in [-0.1, -0.05) is 64.3 Å². The molecule has 4 aromatic rings. The van der Waals surface area contributed by atoms with Gasteiger partial charge in [0.05, 0.1) is 23.7 Å². The van der Waals surface area contributed by atoms with Crippen molar-refractivity contribution in [3.8, 4) is 11.5 Å². The molecule has 1 aromatic heterocycles. The molecule has 0 aliphatic rings. The SMILES string of the molecule is CCCc1nc2ccc(Br)cc2c(=O)n1N=Cc1cc(OCC)c(OCc2ccccc2Cl)c(Cl)c1Br. The third-order valence-corrected chi connectivity index (χ3v) is 7.75. The van der Waals surface area contributed by atoms with E-state index in [0.29, 0.717) is 61.3 Å². The second-order valence-corrected chi connectivity index (χ2v) is 10.5. The molecule has 0 spiro atoms. The van der Waals surface area contributed by atoms with Crippen molar-refractivity contribution in [1.82, 2.24) is 9.66 Å². The van der Waals surface area contributed by atoms with Gasteiger partial charge in [0, 0.05) is 31.5 Å². The van der Waals surface area contributed by atoms with Crippen LogP contribution >= 0.6 is 55.1 Å². The van der Waals surface area contributed by atoms with Gasteiger partial charge in [0.25, 0.3) is 5.56 Å². The van der Waals surface area contributed by atoms with Gasteiger partial charge in [0.1, 0.15) is 17.5 Å². The molecule has 0 fully saturated rings. The maximum atomic E-state index is 13.3. The molecule has 0 atom stereocenters. The van der Waals surface area contributed by atoms with Gasteiger partial charge in [0.2, 0.25) is 0 Å². The highest BCUT2D eigenvalue weighted by Crippen LogP contribution is 2.43. The maximum Gasteiger partial charge on any atom is 0.282 e. The third-order valence-electron chi connectivity index (χ3n) is 5.45. The molecule has 37 heavy (non-hydrogen) atoms. The average Bonchev–Trinajstić information content (AvgIpc) is 2.88. The Kier molecular flexibility index (Phi) is 9.29. The van der Waals surface area contributed by atoms with Crippen LogP contribution in [0.15, 0.2) is 67.4 Å². The summed E-state index contributed by atoms with van der Waals surface area (Å²) in [5, 5.41) is 5.91. The van der Waals surface area contributed by atoms with E-state index in [0.717, 1.165) is 16.5 Å². The second-order valence-electron chi connectivity index (χ2n) is 8.04. The van der Waals surface area contributed by atoms with Crippen molar-refractivity contribution >= 4 is 72.2 Å². The number of rotatable bonds is 9. The minimum atomic E-state index is -0.252. The number of hydrogen-bond acceptors (Lipinski definition) is 5. The predicted molar refractivity (Wildman–Crippen MR) is 157 cm³/mol. The summed E-state index contributed by atoms with van der Waals surface area (Å²) in [6.07, 6.45) is 2.97. The van der Waals surface area contributed by atoms with Crippen LogP contribution in [0, 0.1) is 0 Å². The Morgan fingerprint density at radius 1 is 1.08 bits per heavy atom. The van der Waals surface area contributed by atoms with E-state index in [4.69, 9.17) is 32.7 Å². The monoisotopic (exact) mass is 665 g/mol.